The number of nitrogens with two attached hydrogens (primary N) is 1. The number of hydrogen-bond donors (Lipinski definition) is 1. The van der Waals surface area contributed by atoms with E-state index in [-0.39, 0.29) is 5.41 Å². The zero-order chi connectivity index (χ0) is 11.6. The molecule has 0 spiro atoms. The first-order valence-electron chi connectivity index (χ1n) is 6.03. The molecule has 2 N–H and O–H groups in total. The van der Waals surface area contributed by atoms with Crippen LogP contribution in [0.25, 0.3) is 0 Å². The summed E-state index contributed by atoms with van der Waals surface area (Å²) in [6, 6.07) is 2.31. The summed E-state index contributed by atoms with van der Waals surface area (Å²) in [6.07, 6.45) is 4.95. The third kappa shape index (κ3) is 2.62. The van der Waals surface area contributed by atoms with Crippen molar-refractivity contribution in [2.75, 3.05) is 19.6 Å². The van der Waals surface area contributed by atoms with Gasteiger partial charge in [0.25, 0.3) is 0 Å². The molecule has 1 saturated heterocycles. The fourth-order valence-electron chi connectivity index (χ4n) is 2.35. The van der Waals surface area contributed by atoms with Crippen LogP contribution in [0.1, 0.15) is 20.3 Å². The maximum Gasteiger partial charge on any atom is 0.0536 e. The molecule has 1 aromatic heterocycles. The van der Waals surface area contributed by atoms with Crippen LogP contribution in [0.4, 0.5) is 0 Å². The lowest BCUT2D eigenvalue weighted by molar-refractivity contribution is 0.0917. The largest absolute Gasteiger partial charge is 0.327 e. The molecule has 0 saturated carbocycles. The second-order valence-corrected chi connectivity index (χ2v) is 5.43. The lowest BCUT2D eigenvalue weighted by Gasteiger charge is -2.42. The van der Waals surface area contributed by atoms with Crippen molar-refractivity contribution in [1.29, 1.82) is 0 Å². The SMILES string of the molecule is CC1(C)CN(CCn2cccn2)CCC1N. The molecule has 0 radical (unpaired) electrons. The maximum absolute atomic E-state index is 6.12. The van der Waals surface area contributed by atoms with Crippen LogP contribution in [-0.4, -0.2) is 40.4 Å². The Morgan fingerprint density at radius 1 is 1.44 bits per heavy atom. The molecule has 1 unspecified atom stereocenters. The molecule has 1 aliphatic rings. The van der Waals surface area contributed by atoms with Crippen molar-refractivity contribution >= 4 is 0 Å². The summed E-state index contributed by atoms with van der Waals surface area (Å²) in [5.74, 6) is 0. The summed E-state index contributed by atoms with van der Waals surface area (Å²) >= 11 is 0. The predicted molar refractivity (Wildman–Crippen MR) is 65.0 cm³/mol. The highest BCUT2D eigenvalue weighted by molar-refractivity contribution is 4.89. The molecule has 4 nitrogen and oxygen atoms in total. The Morgan fingerprint density at radius 3 is 2.88 bits per heavy atom. The highest BCUT2D eigenvalue weighted by atomic mass is 15.3. The van der Waals surface area contributed by atoms with Crippen LogP contribution < -0.4 is 5.73 Å². The molecule has 1 atom stereocenters. The summed E-state index contributed by atoms with van der Waals surface area (Å²) in [5.41, 5.74) is 6.36. The number of rotatable bonds is 3. The Bertz CT molecular complexity index is 318. The number of nitrogens with zero attached hydrogens (tertiary/aromatic N) is 3. The summed E-state index contributed by atoms with van der Waals surface area (Å²) in [7, 11) is 0. The molecule has 16 heavy (non-hydrogen) atoms. The number of aromatic nitrogens is 2. The molecule has 4 heteroatoms. The van der Waals surface area contributed by atoms with Gasteiger partial charge in [0.05, 0.1) is 6.54 Å². The van der Waals surface area contributed by atoms with Gasteiger partial charge in [-0.15, -0.1) is 0 Å². The van der Waals surface area contributed by atoms with E-state index in [1.807, 2.05) is 23.1 Å². The summed E-state index contributed by atoms with van der Waals surface area (Å²) in [6.45, 7) is 8.77. The second-order valence-electron chi connectivity index (χ2n) is 5.43. The van der Waals surface area contributed by atoms with Crippen LogP contribution in [0.2, 0.25) is 0 Å². The Labute approximate surface area is 97.4 Å². The van der Waals surface area contributed by atoms with E-state index in [1.54, 1.807) is 0 Å². The monoisotopic (exact) mass is 222 g/mol. The standard InChI is InChI=1S/C12H22N4/c1-12(2)10-15(7-4-11(12)13)8-9-16-6-3-5-14-16/h3,5-6,11H,4,7-10,13H2,1-2H3. The fourth-order valence-corrected chi connectivity index (χ4v) is 2.35. The van der Waals surface area contributed by atoms with E-state index in [0.29, 0.717) is 6.04 Å². The third-order valence-corrected chi connectivity index (χ3v) is 3.60. The topological polar surface area (TPSA) is 47.1 Å². The van der Waals surface area contributed by atoms with Crippen molar-refractivity contribution in [1.82, 2.24) is 14.7 Å². The molecule has 2 heterocycles. The lowest BCUT2D eigenvalue weighted by atomic mass is 9.80. The zero-order valence-corrected chi connectivity index (χ0v) is 10.3. The van der Waals surface area contributed by atoms with Crippen LogP contribution in [-0.2, 0) is 6.54 Å². The van der Waals surface area contributed by atoms with Gasteiger partial charge in [0, 0.05) is 31.5 Å². The van der Waals surface area contributed by atoms with Crippen molar-refractivity contribution in [3.05, 3.63) is 18.5 Å². The molecule has 0 aliphatic carbocycles. The highest BCUT2D eigenvalue weighted by Gasteiger charge is 2.32. The fraction of sp³-hybridized carbons (Fsp3) is 0.750. The predicted octanol–water partition coefficient (Wildman–Crippen LogP) is 0.942. The summed E-state index contributed by atoms with van der Waals surface area (Å²) in [5, 5.41) is 4.22. The van der Waals surface area contributed by atoms with Crippen molar-refractivity contribution in [3.63, 3.8) is 0 Å². The van der Waals surface area contributed by atoms with Crippen molar-refractivity contribution < 1.29 is 0 Å². The normalized spacial score (nSPS) is 25.8. The van der Waals surface area contributed by atoms with Gasteiger partial charge in [-0.1, -0.05) is 13.8 Å². The number of hydrogen-bond acceptors (Lipinski definition) is 3. The first-order valence-corrected chi connectivity index (χ1v) is 6.03. The van der Waals surface area contributed by atoms with Crippen LogP contribution in [0.5, 0.6) is 0 Å². The highest BCUT2D eigenvalue weighted by Crippen LogP contribution is 2.27. The van der Waals surface area contributed by atoms with Crippen LogP contribution in [0.15, 0.2) is 18.5 Å². The maximum atomic E-state index is 6.12. The minimum absolute atomic E-state index is 0.238. The van der Waals surface area contributed by atoms with E-state index in [0.717, 1.165) is 32.6 Å². The number of piperidine rings is 1. The quantitative estimate of drug-likeness (QED) is 0.828. The van der Waals surface area contributed by atoms with Crippen LogP contribution in [0, 0.1) is 5.41 Å². The van der Waals surface area contributed by atoms with Crippen LogP contribution >= 0.6 is 0 Å². The van der Waals surface area contributed by atoms with Gasteiger partial charge in [0.2, 0.25) is 0 Å². The Balaban J connectivity index is 1.83. The average Bonchev–Trinajstić information content (AvgIpc) is 2.72. The van der Waals surface area contributed by atoms with E-state index in [4.69, 9.17) is 5.73 Å². The molecule has 1 aliphatic heterocycles. The minimum atomic E-state index is 0.238. The van der Waals surface area contributed by atoms with E-state index < -0.39 is 0 Å². The van der Waals surface area contributed by atoms with Crippen molar-refractivity contribution in [3.8, 4) is 0 Å². The molecule has 1 aromatic rings. The van der Waals surface area contributed by atoms with E-state index in [1.165, 1.54) is 0 Å². The molecule has 1 fully saturated rings. The first-order chi connectivity index (χ1) is 7.58. The van der Waals surface area contributed by atoms with E-state index >= 15 is 0 Å². The van der Waals surface area contributed by atoms with Gasteiger partial charge in [-0.05, 0) is 24.4 Å². The minimum Gasteiger partial charge on any atom is -0.327 e. The Morgan fingerprint density at radius 2 is 2.25 bits per heavy atom. The zero-order valence-electron chi connectivity index (χ0n) is 10.3. The van der Waals surface area contributed by atoms with Crippen molar-refractivity contribution in [2.45, 2.75) is 32.9 Å². The number of likely N-dealkylation sites (tertiary alicyclic amines) is 1. The molecule has 0 aromatic carbocycles. The van der Waals surface area contributed by atoms with Gasteiger partial charge in [-0.3, -0.25) is 4.68 Å². The lowest BCUT2D eigenvalue weighted by Crippen LogP contribution is -2.52. The van der Waals surface area contributed by atoms with E-state index in [9.17, 15) is 0 Å². The van der Waals surface area contributed by atoms with Gasteiger partial charge in [0.1, 0.15) is 0 Å². The molecule has 90 valence electrons. The van der Waals surface area contributed by atoms with Gasteiger partial charge >= 0.3 is 0 Å². The Kier molecular flexibility index (Phi) is 3.30. The van der Waals surface area contributed by atoms with E-state index in [2.05, 4.69) is 23.8 Å². The molecule has 0 bridgehead atoms. The van der Waals surface area contributed by atoms with Crippen LogP contribution in [0.3, 0.4) is 0 Å². The van der Waals surface area contributed by atoms with Gasteiger partial charge < -0.3 is 10.6 Å². The average molecular weight is 222 g/mol. The van der Waals surface area contributed by atoms with Crippen molar-refractivity contribution in [2.24, 2.45) is 11.1 Å². The summed E-state index contributed by atoms with van der Waals surface area (Å²) < 4.78 is 1.99. The second kappa shape index (κ2) is 4.55. The van der Waals surface area contributed by atoms with Gasteiger partial charge in [-0.25, -0.2) is 0 Å². The molecular formula is C12H22N4. The first kappa shape index (κ1) is 11.6. The molecule has 0 amide bonds. The van der Waals surface area contributed by atoms with Gasteiger partial charge in [0.15, 0.2) is 0 Å². The molecular weight excluding hydrogens is 200 g/mol. The Hall–Kier alpha value is -0.870. The smallest absolute Gasteiger partial charge is 0.0536 e. The summed E-state index contributed by atoms with van der Waals surface area (Å²) in [4.78, 5) is 2.49. The molecule has 2 rings (SSSR count). The van der Waals surface area contributed by atoms with Gasteiger partial charge in [-0.2, -0.15) is 5.10 Å². The third-order valence-electron chi connectivity index (χ3n) is 3.60.